The first kappa shape index (κ1) is 15.4. The van der Waals surface area contributed by atoms with Crippen LogP contribution in [0, 0.1) is 17.8 Å². The van der Waals surface area contributed by atoms with E-state index in [9.17, 15) is 0 Å². The summed E-state index contributed by atoms with van der Waals surface area (Å²) in [7, 11) is 0. The predicted molar refractivity (Wildman–Crippen MR) is 84.4 cm³/mol. The topological polar surface area (TPSA) is 12.0 Å². The molecule has 0 spiro atoms. The zero-order chi connectivity index (χ0) is 13.5. The molecule has 2 aliphatic carbocycles. The molecule has 1 nitrogen and oxygen atoms in total. The quantitative estimate of drug-likeness (QED) is 0.671. The molecule has 0 radical (unpaired) electrons. The lowest BCUT2D eigenvalue weighted by Gasteiger charge is -2.35. The fourth-order valence-electron chi connectivity index (χ4n) is 4.55. The van der Waals surface area contributed by atoms with E-state index in [-0.39, 0.29) is 0 Å². The van der Waals surface area contributed by atoms with Gasteiger partial charge in [0.15, 0.2) is 0 Å². The molecule has 1 heteroatoms. The van der Waals surface area contributed by atoms with Crippen LogP contribution < -0.4 is 5.32 Å². The van der Waals surface area contributed by atoms with Gasteiger partial charge >= 0.3 is 0 Å². The lowest BCUT2D eigenvalue weighted by molar-refractivity contribution is 0.197. The average Bonchev–Trinajstić information content (AvgIpc) is 2.97. The molecule has 2 saturated carbocycles. The molecule has 19 heavy (non-hydrogen) atoms. The summed E-state index contributed by atoms with van der Waals surface area (Å²) in [6.07, 6.45) is 16.3. The standard InChI is InChI=1S/C18H35N/c1-3-15-10-7-11-17(14-15)18(19-4-2)13-12-16-8-5-6-9-16/h15-19H,3-14H2,1-2H3. The summed E-state index contributed by atoms with van der Waals surface area (Å²) < 4.78 is 0. The van der Waals surface area contributed by atoms with Gasteiger partial charge in [-0.15, -0.1) is 0 Å². The van der Waals surface area contributed by atoms with E-state index in [1.165, 1.54) is 70.6 Å². The third-order valence-electron chi connectivity index (χ3n) is 5.80. The van der Waals surface area contributed by atoms with E-state index in [0.29, 0.717) is 0 Å². The van der Waals surface area contributed by atoms with E-state index in [1.807, 2.05) is 0 Å². The summed E-state index contributed by atoms with van der Waals surface area (Å²) in [5, 5.41) is 3.82. The second kappa shape index (κ2) is 8.29. The second-order valence-corrected chi connectivity index (χ2v) is 7.09. The van der Waals surface area contributed by atoms with Crippen LogP contribution in [0.4, 0.5) is 0 Å². The summed E-state index contributed by atoms with van der Waals surface area (Å²) in [5.74, 6) is 3.05. The van der Waals surface area contributed by atoms with Crippen molar-refractivity contribution in [2.24, 2.45) is 17.8 Å². The first-order chi connectivity index (χ1) is 9.33. The molecule has 0 aliphatic heterocycles. The SMILES string of the molecule is CCNC(CCC1CCCC1)C1CCCC(CC)C1. The molecule has 0 aromatic heterocycles. The number of hydrogen-bond acceptors (Lipinski definition) is 1. The summed E-state index contributed by atoms with van der Waals surface area (Å²) in [6.45, 7) is 5.82. The van der Waals surface area contributed by atoms with Crippen molar-refractivity contribution in [1.82, 2.24) is 5.32 Å². The van der Waals surface area contributed by atoms with Gasteiger partial charge in [-0.2, -0.15) is 0 Å². The van der Waals surface area contributed by atoms with Crippen molar-refractivity contribution in [2.75, 3.05) is 6.54 Å². The summed E-state index contributed by atoms with van der Waals surface area (Å²) in [5.41, 5.74) is 0. The Morgan fingerprint density at radius 3 is 2.37 bits per heavy atom. The zero-order valence-electron chi connectivity index (χ0n) is 13.3. The largest absolute Gasteiger partial charge is 0.314 e. The Morgan fingerprint density at radius 1 is 0.947 bits per heavy atom. The molecule has 0 aromatic rings. The molecule has 2 rings (SSSR count). The predicted octanol–water partition coefficient (Wildman–Crippen LogP) is 5.15. The molecule has 1 N–H and O–H groups in total. The smallest absolute Gasteiger partial charge is 0.00954 e. The molecule has 0 bridgehead atoms. The molecule has 3 unspecified atom stereocenters. The Kier molecular flexibility index (Phi) is 6.70. The molecule has 0 aromatic carbocycles. The van der Waals surface area contributed by atoms with E-state index < -0.39 is 0 Å². The second-order valence-electron chi connectivity index (χ2n) is 7.09. The molecule has 112 valence electrons. The van der Waals surface area contributed by atoms with Crippen LogP contribution in [0.25, 0.3) is 0 Å². The van der Waals surface area contributed by atoms with Crippen molar-refractivity contribution in [3.8, 4) is 0 Å². The fraction of sp³-hybridized carbons (Fsp3) is 1.00. The van der Waals surface area contributed by atoms with Gasteiger partial charge in [0.25, 0.3) is 0 Å². The zero-order valence-corrected chi connectivity index (χ0v) is 13.3. The van der Waals surface area contributed by atoms with Gasteiger partial charge in [-0.1, -0.05) is 58.8 Å². The Balaban J connectivity index is 1.79. The van der Waals surface area contributed by atoms with Crippen molar-refractivity contribution in [3.63, 3.8) is 0 Å². The van der Waals surface area contributed by atoms with Gasteiger partial charge in [0.2, 0.25) is 0 Å². The Hall–Kier alpha value is -0.0400. The van der Waals surface area contributed by atoms with Gasteiger partial charge in [-0.3, -0.25) is 0 Å². The molecule has 3 atom stereocenters. The summed E-state index contributed by atoms with van der Waals surface area (Å²) >= 11 is 0. The lowest BCUT2D eigenvalue weighted by Crippen LogP contribution is -2.38. The van der Waals surface area contributed by atoms with Crippen LogP contribution in [-0.4, -0.2) is 12.6 Å². The first-order valence-corrected chi connectivity index (χ1v) is 9.06. The van der Waals surface area contributed by atoms with E-state index in [4.69, 9.17) is 0 Å². The Labute approximate surface area is 120 Å². The van der Waals surface area contributed by atoms with Crippen molar-refractivity contribution < 1.29 is 0 Å². The van der Waals surface area contributed by atoms with E-state index in [0.717, 1.165) is 30.3 Å². The minimum absolute atomic E-state index is 0.819. The van der Waals surface area contributed by atoms with Crippen molar-refractivity contribution in [1.29, 1.82) is 0 Å². The molecular weight excluding hydrogens is 230 g/mol. The van der Waals surface area contributed by atoms with Gasteiger partial charge in [0, 0.05) is 6.04 Å². The minimum Gasteiger partial charge on any atom is -0.314 e. The molecule has 2 fully saturated rings. The van der Waals surface area contributed by atoms with Gasteiger partial charge in [0.05, 0.1) is 0 Å². The van der Waals surface area contributed by atoms with Crippen LogP contribution in [0.2, 0.25) is 0 Å². The van der Waals surface area contributed by atoms with Crippen molar-refractivity contribution >= 4 is 0 Å². The average molecular weight is 265 g/mol. The van der Waals surface area contributed by atoms with Crippen LogP contribution in [-0.2, 0) is 0 Å². The highest BCUT2D eigenvalue weighted by Crippen LogP contribution is 2.36. The Bertz CT molecular complexity index is 232. The number of nitrogens with one attached hydrogen (secondary N) is 1. The maximum absolute atomic E-state index is 3.82. The highest BCUT2D eigenvalue weighted by molar-refractivity contribution is 4.83. The van der Waals surface area contributed by atoms with Gasteiger partial charge < -0.3 is 5.32 Å². The van der Waals surface area contributed by atoms with Crippen molar-refractivity contribution in [2.45, 2.75) is 90.5 Å². The maximum atomic E-state index is 3.82. The summed E-state index contributed by atoms with van der Waals surface area (Å²) in [4.78, 5) is 0. The van der Waals surface area contributed by atoms with E-state index in [1.54, 1.807) is 0 Å². The van der Waals surface area contributed by atoms with Crippen LogP contribution in [0.1, 0.15) is 84.5 Å². The molecule has 0 amide bonds. The Morgan fingerprint density at radius 2 is 1.68 bits per heavy atom. The van der Waals surface area contributed by atoms with Gasteiger partial charge in [-0.25, -0.2) is 0 Å². The normalized spacial score (nSPS) is 30.6. The number of rotatable bonds is 7. The van der Waals surface area contributed by atoms with Crippen LogP contribution >= 0.6 is 0 Å². The number of hydrogen-bond donors (Lipinski definition) is 1. The van der Waals surface area contributed by atoms with Gasteiger partial charge in [-0.05, 0) is 50.0 Å². The van der Waals surface area contributed by atoms with Crippen LogP contribution in [0.5, 0.6) is 0 Å². The van der Waals surface area contributed by atoms with Crippen LogP contribution in [0.15, 0.2) is 0 Å². The van der Waals surface area contributed by atoms with Gasteiger partial charge in [0.1, 0.15) is 0 Å². The van der Waals surface area contributed by atoms with Crippen molar-refractivity contribution in [3.05, 3.63) is 0 Å². The summed E-state index contributed by atoms with van der Waals surface area (Å²) in [6, 6.07) is 0.819. The fourth-order valence-corrected chi connectivity index (χ4v) is 4.55. The highest BCUT2D eigenvalue weighted by atomic mass is 14.9. The molecule has 0 saturated heterocycles. The van der Waals surface area contributed by atoms with Crippen LogP contribution in [0.3, 0.4) is 0 Å². The highest BCUT2D eigenvalue weighted by Gasteiger charge is 2.28. The maximum Gasteiger partial charge on any atom is 0.00954 e. The molecule has 0 heterocycles. The third-order valence-corrected chi connectivity index (χ3v) is 5.80. The lowest BCUT2D eigenvalue weighted by atomic mass is 9.75. The molecule has 2 aliphatic rings. The minimum atomic E-state index is 0.819. The first-order valence-electron chi connectivity index (χ1n) is 9.06. The van der Waals surface area contributed by atoms with E-state index in [2.05, 4.69) is 19.2 Å². The van der Waals surface area contributed by atoms with E-state index >= 15 is 0 Å². The molecular formula is C18H35N. The third kappa shape index (κ3) is 4.77. The monoisotopic (exact) mass is 265 g/mol.